The minimum atomic E-state index is -0.759. The van der Waals surface area contributed by atoms with Gasteiger partial charge in [-0.25, -0.2) is 0 Å². The number of hydrogen-bond acceptors (Lipinski definition) is 5. The van der Waals surface area contributed by atoms with Gasteiger partial charge < -0.3 is 19.0 Å². The lowest BCUT2D eigenvalue weighted by atomic mass is 9.82. The number of halogens is 1. The summed E-state index contributed by atoms with van der Waals surface area (Å²) in [4.78, 5) is 23.1. The van der Waals surface area contributed by atoms with Crippen LogP contribution in [0.3, 0.4) is 0 Å². The zero-order chi connectivity index (χ0) is 20.4. The first-order valence-electron chi connectivity index (χ1n) is 9.31. The van der Waals surface area contributed by atoms with Gasteiger partial charge in [-0.3, -0.25) is 9.59 Å². The molecule has 0 saturated heterocycles. The lowest BCUT2D eigenvalue weighted by molar-refractivity contribution is -0.151. The largest absolute Gasteiger partial charge is 0.491 e. The molecule has 1 aromatic heterocycles. The molecule has 0 amide bonds. The number of para-hydroxylation sites is 1. The van der Waals surface area contributed by atoms with E-state index < -0.39 is 5.97 Å². The Morgan fingerprint density at radius 3 is 2.62 bits per heavy atom. The molecule has 150 valence electrons. The third-order valence-electron chi connectivity index (χ3n) is 5.00. The van der Waals surface area contributed by atoms with E-state index in [0.717, 1.165) is 5.56 Å². The van der Waals surface area contributed by atoms with E-state index in [1.54, 1.807) is 42.5 Å². The van der Waals surface area contributed by atoms with E-state index in [9.17, 15) is 9.59 Å². The normalized spacial score (nSPS) is 18.4. The zero-order valence-corrected chi connectivity index (χ0v) is 16.2. The van der Waals surface area contributed by atoms with Gasteiger partial charge in [0.15, 0.2) is 11.0 Å². The average Bonchev–Trinajstić information content (AvgIpc) is 2.67. The summed E-state index contributed by atoms with van der Waals surface area (Å²) >= 11 is 6.15. The fourth-order valence-corrected chi connectivity index (χ4v) is 3.49. The van der Waals surface area contributed by atoms with Crippen molar-refractivity contribution >= 4 is 28.5 Å². The molecule has 1 saturated carbocycles. The first-order chi connectivity index (χ1) is 14.0. The molecule has 0 atom stereocenters. The predicted molar refractivity (Wildman–Crippen MR) is 109 cm³/mol. The molecule has 0 radical (unpaired) electrons. The zero-order valence-electron chi connectivity index (χ0n) is 15.5. The molecule has 1 aliphatic rings. The number of carbonyl (C=O) groups is 1. The van der Waals surface area contributed by atoms with E-state index >= 15 is 0 Å². The molecule has 1 aliphatic carbocycles. The van der Waals surface area contributed by atoms with Crippen molar-refractivity contribution in [1.29, 1.82) is 0 Å². The molecule has 1 N–H and O–H groups in total. The summed E-state index contributed by atoms with van der Waals surface area (Å²) in [6.45, 7) is 0.769. The summed E-state index contributed by atoms with van der Waals surface area (Å²) in [5, 5.41) is 9.68. The maximum Gasteiger partial charge on any atom is 0.306 e. The van der Waals surface area contributed by atoms with Crippen LogP contribution in [-0.2, 0) is 9.53 Å². The molecule has 1 heterocycles. The molecule has 3 aromatic rings. The molecule has 0 aliphatic heterocycles. The highest BCUT2D eigenvalue weighted by molar-refractivity contribution is 6.34. The van der Waals surface area contributed by atoms with Gasteiger partial charge in [0.05, 0.1) is 29.0 Å². The Balaban J connectivity index is 1.35. The number of ether oxygens (including phenoxy) is 2. The van der Waals surface area contributed by atoms with E-state index in [2.05, 4.69) is 0 Å². The lowest BCUT2D eigenvalue weighted by Crippen LogP contribution is -2.36. The number of hydrogen-bond donors (Lipinski definition) is 1. The van der Waals surface area contributed by atoms with Crippen LogP contribution in [0.15, 0.2) is 57.7 Å². The second-order valence-electron chi connectivity index (χ2n) is 6.96. The second kappa shape index (κ2) is 8.27. The number of carboxylic acids is 1. The monoisotopic (exact) mass is 414 g/mol. The van der Waals surface area contributed by atoms with Crippen molar-refractivity contribution < 1.29 is 23.8 Å². The van der Waals surface area contributed by atoms with Crippen molar-refractivity contribution in [3.05, 3.63) is 63.8 Å². The van der Waals surface area contributed by atoms with Gasteiger partial charge >= 0.3 is 5.97 Å². The number of aliphatic carboxylic acids is 1. The Bertz CT molecular complexity index is 1080. The van der Waals surface area contributed by atoms with Gasteiger partial charge in [-0.15, -0.1) is 0 Å². The Labute approximate surface area is 171 Å². The molecule has 29 heavy (non-hydrogen) atoms. The molecule has 0 unspecified atom stereocenters. The molecule has 0 spiro atoms. The minimum absolute atomic E-state index is 0.00435. The molecule has 4 rings (SSSR count). The SMILES string of the molecule is O=C(O)C1CC(OCCOc2ccc(-c3cc(=O)c4cccc(Cl)c4o3)cc2)C1. The Morgan fingerprint density at radius 2 is 1.90 bits per heavy atom. The van der Waals surface area contributed by atoms with Crippen LogP contribution in [0.2, 0.25) is 5.02 Å². The second-order valence-corrected chi connectivity index (χ2v) is 7.37. The highest BCUT2D eigenvalue weighted by Gasteiger charge is 2.34. The number of carboxylic acid groups (broad SMARTS) is 1. The molecular weight excluding hydrogens is 396 g/mol. The summed E-state index contributed by atoms with van der Waals surface area (Å²) in [5.74, 6) is 0.0585. The Hall–Kier alpha value is -2.83. The van der Waals surface area contributed by atoms with Crippen LogP contribution in [0, 0.1) is 5.92 Å². The average molecular weight is 415 g/mol. The first-order valence-corrected chi connectivity index (χ1v) is 9.69. The van der Waals surface area contributed by atoms with Gasteiger partial charge in [-0.2, -0.15) is 0 Å². The van der Waals surface area contributed by atoms with E-state index in [-0.39, 0.29) is 17.5 Å². The highest BCUT2D eigenvalue weighted by atomic mass is 35.5. The summed E-state index contributed by atoms with van der Waals surface area (Å²) in [7, 11) is 0. The third-order valence-corrected chi connectivity index (χ3v) is 5.29. The summed E-state index contributed by atoms with van der Waals surface area (Å²) in [6, 6.07) is 13.7. The van der Waals surface area contributed by atoms with Gasteiger partial charge in [0, 0.05) is 11.6 Å². The molecule has 0 bridgehead atoms. The van der Waals surface area contributed by atoms with Crippen molar-refractivity contribution in [3.63, 3.8) is 0 Å². The summed E-state index contributed by atoms with van der Waals surface area (Å²) in [6.07, 6.45) is 1.13. The highest BCUT2D eigenvalue weighted by Crippen LogP contribution is 2.30. The summed E-state index contributed by atoms with van der Waals surface area (Å²) < 4.78 is 17.1. The predicted octanol–water partition coefficient (Wildman–Crippen LogP) is 4.37. The summed E-state index contributed by atoms with van der Waals surface area (Å²) in [5.41, 5.74) is 0.958. The van der Waals surface area contributed by atoms with Crippen LogP contribution in [0.25, 0.3) is 22.3 Å². The van der Waals surface area contributed by atoms with Crippen LogP contribution in [0.4, 0.5) is 0 Å². The lowest BCUT2D eigenvalue weighted by Gasteiger charge is -2.31. The van der Waals surface area contributed by atoms with E-state index in [1.807, 2.05) is 0 Å². The number of benzene rings is 2. The van der Waals surface area contributed by atoms with Gasteiger partial charge in [-0.05, 0) is 49.2 Å². The van der Waals surface area contributed by atoms with E-state index in [4.69, 9.17) is 30.6 Å². The smallest absolute Gasteiger partial charge is 0.306 e. The Kier molecular flexibility index (Phi) is 5.56. The van der Waals surface area contributed by atoms with Crippen LogP contribution in [0.5, 0.6) is 5.75 Å². The van der Waals surface area contributed by atoms with Crippen LogP contribution in [-0.4, -0.2) is 30.4 Å². The van der Waals surface area contributed by atoms with Crippen molar-refractivity contribution in [2.75, 3.05) is 13.2 Å². The van der Waals surface area contributed by atoms with Gasteiger partial charge in [0.2, 0.25) is 0 Å². The fraction of sp³-hybridized carbons (Fsp3) is 0.273. The Morgan fingerprint density at radius 1 is 1.14 bits per heavy atom. The van der Waals surface area contributed by atoms with Crippen LogP contribution >= 0.6 is 11.6 Å². The first kappa shape index (κ1) is 19.5. The van der Waals surface area contributed by atoms with Crippen LogP contribution < -0.4 is 10.2 Å². The standard InChI is InChI=1S/C22H19ClO6/c23-18-3-1-2-17-19(24)12-20(29-21(17)18)13-4-6-15(7-5-13)27-8-9-28-16-10-14(11-16)22(25)26/h1-7,12,14,16H,8-11H2,(H,25,26). The maximum absolute atomic E-state index is 12.3. The fourth-order valence-electron chi connectivity index (χ4n) is 3.28. The number of rotatable bonds is 7. The van der Waals surface area contributed by atoms with Gasteiger partial charge in [0.1, 0.15) is 18.1 Å². The van der Waals surface area contributed by atoms with Crippen molar-refractivity contribution in [1.82, 2.24) is 0 Å². The van der Waals surface area contributed by atoms with Gasteiger partial charge in [-0.1, -0.05) is 17.7 Å². The van der Waals surface area contributed by atoms with Crippen molar-refractivity contribution in [2.24, 2.45) is 5.92 Å². The third kappa shape index (κ3) is 4.28. The molecule has 1 fully saturated rings. The van der Waals surface area contributed by atoms with Crippen molar-refractivity contribution in [3.8, 4) is 17.1 Å². The molecule has 7 heteroatoms. The molecule has 2 aromatic carbocycles. The molecule has 6 nitrogen and oxygen atoms in total. The quantitative estimate of drug-likeness (QED) is 0.578. The van der Waals surface area contributed by atoms with Crippen LogP contribution in [0.1, 0.15) is 12.8 Å². The van der Waals surface area contributed by atoms with E-state index in [1.165, 1.54) is 6.07 Å². The van der Waals surface area contributed by atoms with E-state index in [0.29, 0.717) is 53.6 Å². The minimum Gasteiger partial charge on any atom is -0.491 e. The maximum atomic E-state index is 12.3. The van der Waals surface area contributed by atoms with Crippen molar-refractivity contribution in [2.45, 2.75) is 18.9 Å². The molecular formula is C22H19ClO6. The number of fused-ring (bicyclic) bond motifs is 1. The topological polar surface area (TPSA) is 86.0 Å². The van der Waals surface area contributed by atoms with Gasteiger partial charge in [0.25, 0.3) is 0 Å².